The van der Waals surface area contributed by atoms with E-state index >= 15 is 0 Å². The largest absolute Gasteiger partial charge is 0.472 e. The van der Waals surface area contributed by atoms with Crippen LogP contribution in [-0.4, -0.2) is 54.0 Å². The molecule has 3 aromatic rings. The molecule has 1 aliphatic rings. The van der Waals surface area contributed by atoms with Crippen molar-refractivity contribution in [3.8, 4) is 11.6 Å². The predicted molar refractivity (Wildman–Crippen MR) is 135 cm³/mol. The fourth-order valence-electron chi connectivity index (χ4n) is 5.17. The molecule has 4 unspecified atom stereocenters. The van der Waals surface area contributed by atoms with Crippen LogP contribution in [0, 0.1) is 18.8 Å². The highest BCUT2D eigenvalue weighted by Gasteiger charge is 2.46. The zero-order valence-electron chi connectivity index (χ0n) is 22.2. The molecule has 1 amide bonds. The first-order chi connectivity index (χ1) is 18.0. The minimum atomic E-state index is -4.48. The third kappa shape index (κ3) is 5.81. The van der Waals surface area contributed by atoms with E-state index in [1.165, 1.54) is 23.3 Å². The number of hydrogen-bond acceptors (Lipinski definition) is 6. The Bertz CT molecular complexity index is 1230. The van der Waals surface area contributed by atoms with Crippen LogP contribution in [0.2, 0.25) is 0 Å². The van der Waals surface area contributed by atoms with Crippen molar-refractivity contribution in [2.45, 2.75) is 78.2 Å². The molecule has 0 bridgehead atoms. The van der Waals surface area contributed by atoms with E-state index in [1.54, 1.807) is 12.1 Å². The summed E-state index contributed by atoms with van der Waals surface area (Å²) in [4.78, 5) is 26.0. The van der Waals surface area contributed by atoms with Gasteiger partial charge < -0.3 is 9.64 Å². The molecule has 1 aliphatic heterocycles. The van der Waals surface area contributed by atoms with Crippen LogP contribution in [-0.2, 0) is 6.18 Å². The van der Waals surface area contributed by atoms with E-state index in [4.69, 9.17) is 4.74 Å². The molecule has 4 heterocycles. The number of carbonyl (C=O) groups is 1. The highest BCUT2D eigenvalue weighted by Crippen LogP contribution is 2.38. The Morgan fingerprint density at radius 2 is 1.87 bits per heavy atom. The maximum atomic E-state index is 14.3. The fourth-order valence-corrected chi connectivity index (χ4v) is 5.17. The number of amides is 1. The zero-order chi connectivity index (χ0) is 27.6. The third-order valence-electron chi connectivity index (χ3n) is 6.95. The maximum absolute atomic E-state index is 14.3. The molecule has 0 N–H and O–H groups in total. The second kappa shape index (κ2) is 11.1. The smallest absolute Gasteiger partial charge is 0.417 e. The van der Waals surface area contributed by atoms with E-state index in [2.05, 4.69) is 40.9 Å². The van der Waals surface area contributed by atoms with Crippen molar-refractivity contribution in [1.82, 2.24) is 29.9 Å². The molecule has 0 spiro atoms. The second-order valence-corrected chi connectivity index (χ2v) is 10.3. The number of pyridine rings is 2. The van der Waals surface area contributed by atoms with E-state index in [0.717, 1.165) is 18.7 Å². The van der Waals surface area contributed by atoms with Crippen LogP contribution < -0.4 is 4.74 Å². The van der Waals surface area contributed by atoms with Gasteiger partial charge >= 0.3 is 6.18 Å². The number of rotatable bonds is 8. The Morgan fingerprint density at radius 1 is 1.16 bits per heavy atom. The van der Waals surface area contributed by atoms with E-state index in [-0.39, 0.29) is 35.5 Å². The highest BCUT2D eigenvalue weighted by atomic mass is 19.4. The lowest BCUT2D eigenvalue weighted by Crippen LogP contribution is -2.49. The van der Waals surface area contributed by atoms with Crippen LogP contribution in [0.4, 0.5) is 13.2 Å². The Morgan fingerprint density at radius 3 is 2.45 bits per heavy atom. The molecule has 1 fully saturated rings. The van der Waals surface area contributed by atoms with Gasteiger partial charge in [0.1, 0.15) is 11.8 Å². The Hall–Kier alpha value is -3.50. The molecule has 1 saturated heterocycles. The Balaban J connectivity index is 1.70. The summed E-state index contributed by atoms with van der Waals surface area (Å²) < 4.78 is 45.2. The summed E-state index contributed by atoms with van der Waals surface area (Å²) in [6.45, 7) is 10.1. The molecule has 0 radical (unpaired) electrons. The molecule has 8 nitrogen and oxygen atoms in total. The first-order valence-electron chi connectivity index (χ1n) is 12.9. The van der Waals surface area contributed by atoms with Gasteiger partial charge in [-0.15, -0.1) is 4.80 Å². The minimum Gasteiger partial charge on any atom is -0.472 e. The minimum absolute atomic E-state index is 0.0635. The van der Waals surface area contributed by atoms with Crippen LogP contribution >= 0.6 is 0 Å². The van der Waals surface area contributed by atoms with Gasteiger partial charge in [-0.3, -0.25) is 4.79 Å². The summed E-state index contributed by atoms with van der Waals surface area (Å²) in [6, 6.07) is 5.38. The molecule has 38 heavy (non-hydrogen) atoms. The van der Waals surface area contributed by atoms with Gasteiger partial charge in [-0.1, -0.05) is 27.7 Å². The standard InChI is InChI=1S/C27H33F3N6O2/c1-6-23(38-24-10-8-19(15-31-24)27(28,29)30)22-14-17(4)21(13-16(2)3)35(22)26(37)25-20(9-7-18(5)34-25)36-32-11-12-33-36/h7-12,15-17,21-23H,6,13-14H2,1-5H3. The van der Waals surface area contributed by atoms with Gasteiger partial charge in [-0.05, 0) is 56.2 Å². The summed E-state index contributed by atoms with van der Waals surface area (Å²) >= 11 is 0. The summed E-state index contributed by atoms with van der Waals surface area (Å²) in [7, 11) is 0. The molecular weight excluding hydrogens is 497 g/mol. The van der Waals surface area contributed by atoms with Crippen molar-refractivity contribution in [1.29, 1.82) is 0 Å². The van der Waals surface area contributed by atoms with Crippen molar-refractivity contribution in [3.05, 3.63) is 59.8 Å². The number of hydrogen-bond donors (Lipinski definition) is 0. The van der Waals surface area contributed by atoms with Crippen LogP contribution in [0.3, 0.4) is 0 Å². The lowest BCUT2D eigenvalue weighted by molar-refractivity contribution is -0.137. The van der Waals surface area contributed by atoms with Crippen LogP contribution in [0.25, 0.3) is 5.69 Å². The summed E-state index contributed by atoms with van der Waals surface area (Å²) in [5.74, 6) is 0.364. The summed E-state index contributed by atoms with van der Waals surface area (Å²) in [5.41, 5.74) is 0.569. The van der Waals surface area contributed by atoms with Crippen molar-refractivity contribution < 1.29 is 22.7 Å². The fraction of sp³-hybridized carbons (Fsp3) is 0.519. The van der Waals surface area contributed by atoms with E-state index in [9.17, 15) is 18.0 Å². The number of carbonyl (C=O) groups excluding carboxylic acids is 1. The van der Waals surface area contributed by atoms with Gasteiger partial charge in [0.15, 0.2) is 5.69 Å². The SMILES string of the molecule is CCC(Oc1ccc(C(F)(F)F)cn1)C1CC(C)C(CC(C)C)N1C(=O)c1nc(C)ccc1-n1nccn1. The summed E-state index contributed by atoms with van der Waals surface area (Å²) in [5, 5.41) is 8.40. The van der Waals surface area contributed by atoms with Crippen molar-refractivity contribution in [3.63, 3.8) is 0 Å². The lowest BCUT2D eigenvalue weighted by Gasteiger charge is -2.36. The first kappa shape index (κ1) is 27.5. The molecule has 4 rings (SSSR count). The van der Waals surface area contributed by atoms with Crippen LogP contribution in [0.5, 0.6) is 5.88 Å². The average molecular weight is 531 g/mol. The predicted octanol–water partition coefficient (Wildman–Crippen LogP) is 5.51. The molecule has 0 aliphatic carbocycles. The van der Waals surface area contributed by atoms with E-state index in [0.29, 0.717) is 30.1 Å². The quantitative estimate of drug-likeness (QED) is 0.382. The number of ether oxygens (including phenoxy) is 1. The van der Waals surface area contributed by atoms with Crippen molar-refractivity contribution >= 4 is 5.91 Å². The van der Waals surface area contributed by atoms with Crippen molar-refractivity contribution in [2.24, 2.45) is 11.8 Å². The van der Waals surface area contributed by atoms with Gasteiger partial charge in [-0.25, -0.2) is 9.97 Å². The zero-order valence-corrected chi connectivity index (χ0v) is 22.2. The Labute approximate surface area is 220 Å². The molecule has 204 valence electrons. The first-order valence-corrected chi connectivity index (χ1v) is 12.9. The van der Waals surface area contributed by atoms with E-state index < -0.39 is 17.8 Å². The molecular formula is C27H33F3N6O2. The molecule has 0 aromatic carbocycles. The van der Waals surface area contributed by atoms with E-state index in [1.807, 2.05) is 18.7 Å². The van der Waals surface area contributed by atoms with Gasteiger partial charge in [-0.2, -0.15) is 23.4 Å². The van der Waals surface area contributed by atoms with Gasteiger partial charge in [0.25, 0.3) is 5.91 Å². The summed E-state index contributed by atoms with van der Waals surface area (Å²) in [6.07, 6.45) is 0.896. The maximum Gasteiger partial charge on any atom is 0.417 e. The van der Waals surface area contributed by atoms with Crippen molar-refractivity contribution in [2.75, 3.05) is 0 Å². The average Bonchev–Trinajstić information content (AvgIpc) is 3.50. The number of likely N-dealkylation sites (tertiary alicyclic amines) is 1. The Kier molecular flexibility index (Phi) is 8.03. The number of alkyl halides is 3. The molecule has 0 saturated carbocycles. The number of halogens is 3. The monoisotopic (exact) mass is 530 g/mol. The number of aromatic nitrogens is 5. The number of nitrogens with zero attached hydrogens (tertiary/aromatic N) is 6. The highest BCUT2D eigenvalue weighted by molar-refractivity contribution is 5.96. The van der Waals surface area contributed by atoms with Gasteiger partial charge in [0, 0.05) is 24.0 Å². The molecule has 4 atom stereocenters. The van der Waals surface area contributed by atoms with Crippen LogP contribution in [0.15, 0.2) is 42.9 Å². The number of aryl methyl sites for hydroxylation is 1. The molecule has 3 aromatic heterocycles. The van der Waals surface area contributed by atoms with Gasteiger partial charge in [0.05, 0.1) is 24.0 Å². The topological polar surface area (TPSA) is 86.0 Å². The normalized spacial score (nSPS) is 20.7. The second-order valence-electron chi connectivity index (χ2n) is 10.3. The lowest BCUT2D eigenvalue weighted by atomic mass is 9.93. The van der Waals surface area contributed by atoms with Crippen LogP contribution in [0.1, 0.15) is 68.7 Å². The van der Waals surface area contributed by atoms with Gasteiger partial charge in [0.2, 0.25) is 5.88 Å². The third-order valence-corrected chi connectivity index (χ3v) is 6.95. The molecule has 11 heteroatoms.